The first-order chi connectivity index (χ1) is 14.7. The Morgan fingerprint density at radius 3 is 2.29 bits per heavy atom. The molecule has 0 spiro atoms. The van der Waals surface area contributed by atoms with E-state index in [0.717, 1.165) is 62.4 Å². The van der Waals surface area contributed by atoms with E-state index in [4.69, 9.17) is 9.73 Å². The van der Waals surface area contributed by atoms with Crippen molar-refractivity contribution in [3.8, 4) is 5.75 Å². The second-order valence-electron chi connectivity index (χ2n) is 7.34. The van der Waals surface area contributed by atoms with E-state index in [-0.39, 0.29) is 24.0 Å². The first-order valence-electron chi connectivity index (χ1n) is 10.8. The fourth-order valence-electron chi connectivity index (χ4n) is 3.43. The summed E-state index contributed by atoms with van der Waals surface area (Å²) in [6, 6.07) is 12.3. The minimum Gasteiger partial charge on any atom is -0.497 e. The van der Waals surface area contributed by atoms with Crippen LogP contribution in [0.3, 0.4) is 0 Å². The van der Waals surface area contributed by atoms with Gasteiger partial charge in [-0.1, -0.05) is 25.1 Å². The maximum Gasteiger partial charge on any atom is 0.191 e. The highest BCUT2D eigenvalue weighted by atomic mass is 127. The third-order valence-corrected chi connectivity index (χ3v) is 5.34. The Kier molecular flexibility index (Phi) is 10.9. The van der Waals surface area contributed by atoms with Gasteiger partial charge in [0.05, 0.1) is 13.7 Å². The Labute approximate surface area is 203 Å². The van der Waals surface area contributed by atoms with E-state index in [0.29, 0.717) is 13.1 Å². The number of aliphatic imine (C=N–C) groups is 1. The molecule has 2 heterocycles. The molecule has 8 heteroatoms. The molecule has 0 radical (unpaired) electrons. The van der Waals surface area contributed by atoms with Crippen LogP contribution in [0.5, 0.6) is 5.75 Å². The molecule has 1 aromatic heterocycles. The molecule has 0 unspecified atom stereocenters. The van der Waals surface area contributed by atoms with Crippen LogP contribution < -0.4 is 20.3 Å². The molecular weight excluding hydrogens is 503 g/mol. The first-order valence-corrected chi connectivity index (χ1v) is 10.8. The number of benzene rings is 1. The van der Waals surface area contributed by atoms with Gasteiger partial charge in [-0.3, -0.25) is 0 Å². The standard InChI is InChI=1S/C23H34N6O.HI/c1-4-24-23(26-16-19-6-9-21(30-3)10-7-19)27-18-20-8-11-22(25-17-20)29-14-12-28(5-2)13-15-29;/h6-11,17H,4-5,12-16,18H2,1-3H3,(H2,24,26,27);1H. The van der Waals surface area contributed by atoms with Crippen LogP contribution in [0, 0.1) is 0 Å². The van der Waals surface area contributed by atoms with Gasteiger partial charge in [-0.25, -0.2) is 9.98 Å². The lowest BCUT2D eigenvalue weighted by Crippen LogP contribution is -2.46. The SMILES string of the molecule is CCNC(=NCc1ccc(N2CCN(CC)CC2)nc1)NCc1ccc(OC)cc1.I. The first kappa shape index (κ1) is 25.2. The number of hydrogen-bond acceptors (Lipinski definition) is 5. The summed E-state index contributed by atoms with van der Waals surface area (Å²) >= 11 is 0. The molecule has 31 heavy (non-hydrogen) atoms. The van der Waals surface area contributed by atoms with Gasteiger partial charge in [0.2, 0.25) is 0 Å². The number of nitrogens with zero attached hydrogens (tertiary/aromatic N) is 4. The van der Waals surface area contributed by atoms with Crippen molar-refractivity contribution >= 4 is 35.8 Å². The Balaban J connectivity index is 0.00000341. The quantitative estimate of drug-likeness (QED) is 0.306. The predicted molar refractivity (Wildman–Crippen MR) is 139 cm³/mol. The van der Waals surface area contributed by atoms with Gasteiger partial charge in [-0.05, 0) is 42.8 Å². The summed E-state index contributed by atoms with van der Waals surface area (Å²) in [4.78, 5) is 14.2. The summed E-state index contributed by atoms with van der Waals surface area (Å²) in [6.45, 7) is 11.8. The van der Waals surface area contributed by atoms with E-state index in [1.54, 1.807) is 7.11 Å². The fraction of sp³-hybridized carbons (Fsp3) is 0.478. The number of anilines is 1. The number of likely N-dealkylation sites (N-methyl/N-ethyl adjacent to an activating group) is 1. The maximum atomic E-state index is 5.21. The summed E-state index contributed by atoms with van der Waals surface area (Å²) in [7, 11) is 1.68. The molecule has 0 atom stereocenters. The Morgan fingerprint density at radius 2 is 1.71 bits per heavy atom. The number of halogens is 1. The van der Waals surface area contributed by atoms with Gasteiger partial charge < -0.3 is 25.2 Å². The number of nitrogens with one attached hydrogen (secondary N) is 2. The molecule has 1 fully saturated rings. The lowest BCUT2D eigenvalue weighted by Gasteiger charge is -2.34. The van der Waals surface area contributed by atoms with E-state index >= 15 is 0 Å². The molecule has 1 aliphatic rings. The predicted octanol–water partition coefficient (Wildman–Crippen LogP) is 3.11. The zero-order chi connectivity index (χ0) is 21.2. The highest BCUT2D eigenvalue weighted by molar-refractivity contribution is 14.0. The molecule has 0 bridgehead atoms. The average molecular weight is 538 g/mol. The minimum absolute atomic E-state index is 0. The van der Waals surface area contributed by atoms with Crippen LogP contribution in [0.1, 0.15) is 25.0 Å². The van der Waals surface area contributed by atoms with Gasteiger partial charge >= 0.3 is 0 Å². The molecule has 2 aromatic rings. The van der Waals surface area contributed by atoms with E-state index in [9.17, 15) is 0 Å². The van der Waals surface area contributed by atoms with Crippen molar-refractivity contribution in [2.45, 2.75) is 26.9 Å². The van der Waals surface area contributed by atoms with Gasteiger partial charge in [-0.2, -0.15) is 0 Å². The van der Waals surface area contributed by atoms with E-state index in [2.05, 4.69) is 63.5 Å². The second-order valence-corrected chi connectivity index (χ2v) is 7.34. The Bertz CT molecular complexity index is 789. The Morgan fingerprint density at radius 1 is 1.00 bits per heavy atom. The second kappa shape index (κ2) is 13.4. The normalized spacial score (nSPS) is 14.7. The van der Waals surface area contributed by atoms with Crippen LogP contribution in [-0.2, 0) is 13.1 Å². The zero-order valence-corrected chi connectivity index (χ0v) is 21.1. The van der Waals surface area contributed by atoms with Crippen LogP contribution in [0.4, 0.5) is 5.82 Å². The largest absolute Gasteiger partial charge is 0.497 e. The third-order valence-electron chi connectivity index (χ3n) is 5.34. The summed E-state index contributed by atoms with van der Waals surface area (Å²) < 4.78 is 5.21. The molecule has 0 saturated carbocycles. The molecular formula is C23H35IN6O. The number of pyridine rings is 1. The summed E-state index contributed by atoms with van der Waals surface area (Å²) in [5, 5.41) is 6.68. The summed E-state index contributed by atoms with van der Waals surface area (Å²) in [6.07, 6.45) is 1.94. The number of rotatable bonds is 8. The minimum atomic E-state index is 0. The summed E-state index contributed by atoms with van der Waals surface area (Å²) in [5.74, 6) is 2.72. The number of piperazine rings is 1. The number of hydrogen-bond donors (Lipinski definition) is 2. The van der Waals surface area contributed by atoms with Crippen molar-refractivity contribution in [1.29, 1.82) is 0 Å². The molecule has 1 aliphatic heterocycles. The van der Waals surface area contributed by atoms with E-state index in [1.807, 2.05) is 18.3 Å². The molecule has 0 amide bonds. The fourth-order valence-corrected chi connectivity index (χ4v) is 3.43. The molecule has 2 N–H and O–H groups in total. The molecule has 7 nitrogen and oxygen atoms in total. The molecule has 0 aliphatic carbocycles. The van der Waals surface area contributed by atoms with Gasteiger partial charge in [-0.15, -0.1) is 24.0 Å². The van der Waals surface area contributed by atoms with E-state index < -0.39 is 0 Å². The van der Waals surface area contributed by atoms with Crippen LogP contribution in [0.25, 0.3) is 0 Å². The van der Waals surface area contributed by atoms with Gasteiger partial charge in [0, 0.05) is 45.5 Å². The smallest absolute Gasteiger partial charge is 0.191 e. The van der Waals surface area contributed by atoms with Crippen molar-refractivity contribution in [2.24, 2.45) is 4.99 Å². The third kappa shape index (κ3) is 7.84. The molecule has 1 saturated heterocycles. The van der Waals surface area contributed by atoms with Crippen LogP contribution in [-0.4, -0.2) is 62.2 Å². The average Bonchev–Trinajstić information content (AvgIpc) is 2.81. The van der Waals surface area contributed by atoms with Crippen molar-refractivity contribution in [1.82, 2.24) is 20.5 Å². The number of ether oxygens (including phenoxy) is 1. The summed E-state index contributed by atoms with van der Waals surface area (Å²) in [5.41, 5.74) is 2.28. The Hall–Kier alpha value is -2.07. The highest BCUT2D eigenvalue weighted by Gasteiger charge is 2.16. The van der Waals surface area contributed by atoms with Crippen LogP contribution in [0.2, 0.25) is 0 Å². The van der Waals surface area contributed by atoms with Crippen molar-refractivity contribution in [3.05, 3.63) is 53.7 Å². The topological polar surface area (TPSA) is 65.0 Å². The van der Waals surface area contributed by atoms with Gasteiger partial charge in [0.15, 0.2) is 5.96 Å². The van der Waals surface area contributed by atoms with Crippen molar-refractivity contribution < 1.29 is 4.74 Å². The molecule has 1 aromatic carbocycles. The lowest BCUT2D eigenvalue weighted by molar-refractivity contribution is 0.270. The number of aromatic nitrogens is 1. The lowest BCUT2D eigenvalue weighted by atomic mass is 10.2. The molecule has 170 valence electrons. The number of methoxy groups -OCH3 is 1. The van der Waals surface area contributed by atoms with Crippen molar-refractivity contribution in [2.75, 3.05) is 51.3 Å². The van der Waals surface area contributed by atoms with Crippen LogP contribution >= 0.6 is 24.0 Å². The van der Waals surface area contributed by atoms with E-state index in [1.165, 1.54) is 5.56 Å². The molecule has 3 rings (SSSR count). The zero-order valence-electron chi connectivity index (χ0n) is 18.8. The highest BCUT2D eigenvalue weighted by Crippen LogP contribution is 2.14. The maximum absolute atomic E-state index is 5.21. The number of guanidine groups is 1. The van der Waals surface area contributed by atoms with Crippen molar-refractivity contribution in [3.63, 3.8) is 0 Å². The van der Waals surface area contributed by atoms with Gasteiger partial charge in [0.25, 0.3) is 0 Å². The van der Waals surface area contributed by atoms with Crippen LogP contribution in [0.15, 0.2) is 47.6 Å². The monoisotopic (exact) mass is 538 g/mol. The van der Waals surface area contributed by atoms with Gasteiger partial charge in [0.1, 0.15) is 11.6 Å².